The van der Waals surface area contributed by atoms with E-state index in [4.69, 9.17) is 14.2 Å². The molecule has 2 aromatic rings. The molecule has 0 radical (unpaired) electrons. The van der Waals surface area contributed by atoms with Gasteiger partial charge in [-0.05, 0) is 22.3 Å². The second-order valence-electron chi connectivity index (χ2n) is 9.16. The number of carboxylic acids is 1. The van der Waals surface area contributed by atoms with Crippen LogP contribution in [0.3, 0.4) is 0 Å². The van der Waals surface area contributed by atoms with Crippen molar-refractivity contribution in [3.05, 3.63) is 59.7 Å². The van der Waals surface area contributed by atoms with Crippen molar-refractivity contribution in [1.29, 1.82) is 0 Å². The average Bonchev–Trinajstić information content (AvgIpc) is 3.58. The van der Waals surface area contributed by atoms with Crippen LogP contribution < -0.4 is 5.32 Å². The lowest BCUT2D eigenvalue weighted by Crippen LogP contribution is -2.50. The summed E-state index contributed by atoms with van der Waals surface area (Å²) in [6.45, 7) is 0.614. The lowest BCUT2D eigenvalue weighted by Gasteiger charge is -2.27. The summed E-state index contributed by atoms with van der Waals surface area (Å²) >= 11 is 0. The second-order valence-corrected chi connectivity index (χ2v) is 9.16. The SMILES string of the molecule is COC1CC(C(=O)O)N(C(=O)C2COCC2NC(=O)OCC2c3ccccc3-c3ccccc32)C1. The van der Waals surface area contributed by atoms with Crippen LogP contribution in [0, 0.1) is 5.92 Å². The number of ether oxygens (including phenoxy) is 3. The molecule has 2 amide bonds. The molecule has 2 aliphatic heterocycles. The molecule has 184 valence electrons. The molecule has 9 nitrogen and oxygen atoms in total. The maximum Gasteiger partial charge on any atom is 0.407 e. The van der Waals surface area contributed by atoms with E-state index in [9.17, 15) is 19.5 Å². The standard InChI is InChI=1S/C26H28N2O7/c1-33-15-10-23(25(30)31)28(11-15)24(29)21-12-34-14-22(21)27-26(32)35-13-20-18-8-4-2-6-16(18)17-7-3-5-9-19(17)20/h2-9,15,20-23H,10-14H2,1H3,(H,27,32)(H,30,31). The van der Waals surface area contributed by atoms with Gasteiger partial charge < -0.3 is 29.5 Å². The van der Waals surface area contributed by atoms with Gasteiger partial charge in [0.05, 0.1) is 31.3 Å². The summed E-state index contributed by atoms with van der Waals surface area (Å²) in [6.07, 6.45) is -0.739. The van der Waals surface area contributed by atoms with Crippen molar-refractivity contribution in [2.75, 3.05) is 33.5 Å². The quantitative estimate of drug-likeness (QED) is 0.652. The molecule has 3 aliphatic rings. The molecular weight excluding hydrogens is 452 g/mol. The highest BCUT2D eigenvalue weighted by molar-refractivity contribution is 5.87. The maximum atomic E-state index is 13.2. The Labute approximate surface area is 203 Å². The number of carbonyl (C=O) groups excluding carboxylic acids is 2. The Kier molecular flexibility index (Phi) is 6.44. The fourth-order valence-electron chi connectivity index (χ4n) is 5.39. The highest BCUT2D eigenvalue weighted by Gasteiger charge is 2.45. The van der Waals surface area contributed by atoms with Crippen molar-refractivity contribution in [3.63, 3.8) is 0 Å². The Morgan fingerprint density at radius 1 is 1.06 bits per heavy atom. The predicted molar refractivity (Wildman–Crippen MR) is 125 cm³/mol. The molecule has 2 saturated heterocycles. The molecule has 1 aliphatic carbocycles. The first kappa shape index (κ1) is 23.3. The molecule has 35 heavy (non-hydrogen) atoms. The summed E-state index contributed by atoms with van der Waals surface area (Å²) < 4.78 is 16.4. The van der Waals surface area contributed by atoms with Crippen molar-refractivity contribution in [3.8, 4) is 11.1 Å². The van der Waals surface area contributed by atoms with Gasteiger partial charge in [-0.2, -0.15) is 0 Å². The number of amides is 2. The van der Waals surface area contributed by atoms with Gasteiger partial charge in [0.2, 0.25) is 5.91 Å². The predicted octanol–water partition coefficient (Wildman–Crippen LogP) is 2.24. The van der Waals surface area contributed by atoms with E-state index in [2.05, 4.69) is 17.4 Å². The van der Waals surface area contributed by atoms with Gasteiger partial charge in [-0.15, -0.1) is 0 Å². The summed E-state index contributed by atoms with van der Waals surface area (Å²) in [7, 11) is 1.50. The minimum Gasteiger partial charge on any atom is -0.480 e. The number of nitrogens with one attached hydrogen (secondary N) is 1. The van der Waals surface area contributed by atoms with E-state index in [-0.39, 0.29) is 50.7 Å². The first-order valence-corrected chi connectivity index (χ1v) is 11.7. The number of rotatable bonds is 6. The number of aliphatic carboxylic acids is 1. The summed E-state index contributed by atoms with van der Waals surface area (Å²) in [5.74, 6) is -2.19. The molecular formula is C26H28N2O7. The molecule has 2 N–H and O–H groups in total. The van der Waals surface area contributed by atoms with E-state index in [1.54, 1.807) is 0 Å². The van der Waals surface area contributed by atoms with E-state index >= 15 is 0 Å². The minimum atomic E-state index is -1.07. The lowest BCUT2D eigenvalue weighted by atomic mass is 9.98. The molecule has 0 spiro atoms. The Bertz CT molecular complexity index is 1090. The maximum absolute atomic E-state index is 13.2. The van der Waals surface area contributed by atoms with E-state index in [1.807, 2.05) is 36.4 Å². The first-order valence-electron chi connectivity index (χ1n) is 11.7. The Hall–Kier alpha value is -3.43. The number of carboxylic acid groups (broad SMARTS) is 1. The van der Waals surface area contributed by atoms with Crippen LogP contribution >= 0.6 is 0 Å². The van der Waals surface area contributed by atoms with Gasteiger partial charge in [-0.25, -0.2) is 9.59 Å². The van der Waals surface area contributed by atoms with Crippen LogP contribution in [0.15, 0.2) is 48.5 Å². The third-order valence-corrected chi connectivity index (χ3v) is 7.21. The highest BCUT2D eigenvalue weighted by atomic mass is 16.5. The first-order chi connectivity index (χ1) is 17.0. The molecule has 2 fully saturated rings. The number of hydrogen-bond acceptors (Lipinski definition) is 6. The zero-order valence-corrected chi connectivity index (χ0v) is 19.4. The molecule has 9 heteroatoms. The van der Waals surface area contributed by atoms with Crippen LogP contribution in [0.2, 0.25) is 0 Å². The molecule has 2 aromatic carbocycles. The second kappa shape index (κ2) is 9.67. The van der Waals surface area contributed by atoms with Crippen LogP contribution in [0.25, 0.3) is 11.1 Å². The molecule has 0 saturated carbocycles. The summed E-state index contributed by atoms with van der Waals surface area (Å²) in [6, 6.07) is 14.6. The number of carbonyl (C=O) groups is 3. The zero-order chi connectivity index (χ0) is 24.5. The fourth-order valence-corrected chi connectivity index (χ4v) is 5.39. The average molecular weight is 481 g/mol. The number of hydrogen-bond donors (Lipinski definition) is 2. The molecule has 4 unspecified atom stereocenters. The van der Waals surface area contributed by atoms with Crippen LogP contribution in [0.5, 0.6) is 0 Å². The van der Waals surface area contributed by atoms with Gasteiger partial charge >= 0.3 is 12.1 Å². The highest BCUT2D eigenvalue weighted by Crippen LogP contribution is 2.44. The third-order valence-electron chi connectivity index (χ3n) is 7.21. The van der Waals surface area contributed by atoms with Crippen LogP contribution in [-0.4, -0.2) is 79.6 Å². The molecule has 2 heterocycles. The van der Waals surface area contributed by atoms with Crippen molar-refractivity contribution < 1.29 is 33.7 Å². The van der Waals surface area contributed by atoms with Crippen LogP contribution in [-0.2, 0) is 23.8 Å². The van der Waals surface area contributed by atoms with Gasteiger partial charge in [0, 0.05) is 26.0 Å². The molecule has 0 bridgehead atoms. The lowest BCUT2D eigenvalue weighted by molar-refractivity contribution is -0.150. The number of nitrogens with zero attached hydrogens (tertiary/aromatic N) is 1. The Morgan fingerprint density at radius 2 is 1.71 bits per heavy atom. The normalized spacial score (nSPS) is 25.2. The van der Waals surface area contributed by atoms with Gasteiger partial charge in [0.1, 0.15) is 12.6 Å². The number of methoxy groups -OCH3 is 1. The zero-order valence-electron chi connectivity index (χ0n) is 19.4. The van der Waals surface area contributed by atoms with Crippen LogP contribution in [0.4, 0.5) is 4.79 Å². The summed E-state index contributed by atoms with van der Waals surface area (Å²) in [5.41, 5.74) is 4.50. The van der Waals surface area contributed by atoms with Gasteiger partial charge in [0.15, 0.2) is 0 Å². The Balaban J connectivity index is 1.23. The van der Waals surface area contributed by atoms with E-state index < -0.39 is 30.1 Å². The van der Waals surface area contributed by atoms with Gasteiger partial charge in [-0.3, -0.25) is 4.79 Å². The number of likely N-dealkylation sites (tertiary alicyclic amines) is 1. The van der Waals surface area contributed by atoms with Crippen molar-refractivity contribution in [2.45, 2.75) is 30.5 Å². The summed E-state index contributed by atoms with van der Waals surface area (Å²) in [4.78, 5) is 38.9. The fraction of sp³-hybridized carbons (Fsp3) is 0.423. The van der Waals surface area contributed by atoms with E-state index in [1.165, 1.54) is 12.0 Å². The van der Waals surface area contributed by atoms with Gasteiger partial charge in [0.25, 0.3) is 0 Å². The van der Waals surface area contributed by atoms with Crippen LogP contribution in [0.1, 0.15) is 23.5 Å². The smallest absolute Gasteiger partial charge is 0.407 e. The molecule has 4 atom stereocenters. The summed E-state index contributed by atoms with van der Waals surface area (Å²) in [5, 5.41) is 12.3. The largest absolute Gasteiger partial charge is 0.480 e. The number of benzene rings is 2. The minimum absolute atomic E-state index is 0.0719. The number of alkyl carbamates (subject to hydrolysis) is 1. The number of fused-ring (bicyclic) bond motifs is 3. The topological polar surface area (TPSA) is 114 Å². The van der Waals surface area contributed by atoms with Gasteiger partial charge in [-0.1, -0.05) is 48.5 Å². The molecule has 0 aromatic heterocycles. The van der Waals surface area contributed by atoms with E-state index in [0.717, 1.165) is 22.3 Å². The monoisotopic (exact) mass is 480 g/mol. The Morgan fingerprint density at radius 3 is 2.34 bits per heavy atom. The van der Waals surface area contributed by atoms with Crippen molar-refractivity contribution in [2.24, 2.45) is 5.92 Å². The van der Waals surface area contributed by atoms with E-state index in [0.29, 0.717) is 0 Å². The third kappa shape index (κ3) is 4.37. The molecule has 5 rings (SSSR count). The van der Waals surface area contributed by atoms with Crippen molar-refractivity contribution in [1.82, 2.24) is 10.2 Å². The van der Waals surface area contributed by atoms with Crippen molar-refractivity contribution >= 4 is 18.0 Å².